The van der Waals surface area contributed by atoms with E-state index in [1.54, 1.807) is 24.7 Å². The van der Waals surface area contributed by atoms with Gasteiger partial charge in [0.2, 0.25) is 5.91 Å². The third-order valence-corrected chi connectivity index (χ3v) is 3.81. The zero-order valence-corrected chi connectivity index (χ0v) is 14.3. The van der Waals surface area contributed by atoms with Gasteiger partial charge in [0.25, 0.3) is 0 Å². The second kappa shape index (κ2) is 7.76. The lowest BCUT2D eigenvalue weighted by Crippen LogP contribution is -2.29. The molecule has 0 radical (unpaired) electrons. The Balaban J connectivity index is 1.79. The number of hydrogen-bond acceptors (Lipinski definition) is 5. The van der Waals surface area contributed by atoms with Crippen LogP contribution in [0.1, 0.15) is 6.92 Å². The van der Waals surface area contributed by atoms with E-state index in [4.69, 9.17) is 11.6 Å². The van der Waals surface area contributed by atoms with E-state index < -0.39 is 0 Å². The SMILES string of the molecule is CCNC(=O)CNc1cc(-c2ccc(-c3ccn[nH]3)nc2)c(Cl)cn1. The molecule has 0 aliphatic heterocycles. The van der Waals surface area contributed by atoms with Gasteiger partial charge < -0.3 is 10.6 Å². The quantitative estimate of drug-likeness (QED) is 0.631. The van der Waals surface area contributed by atoms with Gasteiger partial charge in [0.15, 0.2) is 0 Å². The summed E-state index contributed by atoms with van der Waals surface area (Å²) in [5.41, 5.74) is 3.29. The molecule has 0 aromatic carbocycles. The van der Waals surface area contributed by atoms with Gasteiger partial charge >= 0.3 is 0 Å². The molecule has 0 spiro atoms. The van der Waals surface area contributed by atoms with E-state index in [0.717, 1.165) is 22.5 Å². The van der Waals surface area contributed by atoms with E-state index in [0.29, 0.717) is 17.4 Å². The highest BCUT2D eigenvalue weighted by Crippen LogP contribution is 2.29. The number of rotatable bonds is 6. The lowest BCUT2D eigenvalue weighted by molar-refractivity contribution is -0.119. The van der Waals surface area contributed by atoms with Crippen LogP contribution >= 0.6 is 11.6 Å². The van der Waals surface area contributed by atoms with Crippen LogP contribution in [0.2, 0.25) is 5.02 Å². The molecule has 3 heterocycles. The number of aromatic nitrogens is 4. The van der Waals surface area contributed by atoms with Crippen LogP contribution in [0.25, 0.3) is 22.5 Å². The van der Waals surface area contributed by atoms with E-state index in [1.807, 2.05) is 25.1 Å². The van der Waals surface area contributed by atoms with E-state index in [9.17, 15) is 4.79 Å². The molecule has 3 aromatic rings. The molecule has 0 unspecified atom stereocenters. The summed E-state index contributed by atoms with van der Waals surface area (Å²) in [7, 11) is 0. The predicted octanol–water partition coefficient (Wildman–Crippen LogP) is 2.74. The predicted molar refractivity (Wildman–Crippen MR) is 97.2 cm³/mol. The number of hydrogen-bond donors (Lipinski definition) is 3. The van der Waals surface area contributed by atoms with E-state index in [2.05, 4.69) is 30.8 Å². The number of halogens is 1. The van der Waals surface area contributed by atoms with Crippen molar-refractivity contribution in [1.29, 1.82) is 0 Å². The molecule has 1 amide bonds. The summed E-state index contributed by atoms with van der Waals surface area (Å²) in [4.78, 5) is 20.2. The topological polar surface area (TPSA) is 95.6 Å². The highest BCUT2D eigenvalue weighted by atomic mass is 35.5. The molecule has 0 aliphatic rings. The van der Waals surface area contributed by atoms with Gasteiger partial charge in [-0.1, -0.05) is 17.7 Å². The smallest absolute Gasteiger partial charge is 0.239 e. The van der Waals surface area contributed by atoms with Crippen LogP contribution in [0.3, 0.4) is 0 Å². The summed E-state index contributed by atoms with van der Waals surface area (Å²) in [5, 5.41) is 13.0. The Hall–Kier alpha value is -2.93. The van der Waals surface area contributed by atoms with Crippen LogP contribution in [0, 0.1) is 0 Å². The minimum absolute atomic E-state index is 0.0913. The van der Waals surface area contributed by atoms with Crippen LogP contribution < -0.4 is 10.6 Å². The second-order valence-corrected chi connectivity index (χ2v) is 5.67. The highest BCUT2D eigenvalue weighted by molar-refractivity contribution is 6.33. The third kappa shape index (κ3) is 4.13. The molecule has 0 saturated heterocycles. The van der Waals surface area contributed by atoms with Gasteiger partial charge in [0, 0.05) is 36.3 Å². The van der Waals surface area contributed by atoms with Crippen molar-refractivity contribution in [3.63, 3.8) is 0 Å². The number of nitrogens with zero attached hydrogens (tertiary/aromatic N) is 3. The number of H-pyrrole nitrogens is 1. The van der Waals surface area contributed by atoms with Crippen LogP contribution in [0.5, 0.6) is 0 Å². The molecule has 25 heavy (non-hydrogen) atoms. The first-order valence-electron chi connectivity index (χ1n) is 7.79. The van der Waals surface area contributed by atoms with Gasteiger partial charge in [-0.15, -0.1) is 0 Å². The number of nitrogens with one attached hydrogen (secondary N) is 3. The average molecular weight is 357 g/mol. The number of anilines is 1. The number of carbonyl (C=O) groups is 1. The van der Waals surface area contributed by atoms with Gasteiger partial charge in [0.1, 0.15) is 5.82 Å². The molecular formula is C17H17ClN6O. The van der Waals surface area contributed by atoms with Crippen LogP contribution in [0.15, 0.2) is 42.9 Å². The minimum atomic E-state index is -0.0913. The fourth-order valence-corrected chi connectivity index (χ4v) is 2.51. The normalized spacial score (nSPS) is 10.5. The van der Waals surface area contributed by atoms with E-state index in [1.165, 1.54) is 0 Å². The second-order valence-electron chi connectivity index (χ2n) is 5.26. The first kappa shape index (κ1) is 16.9. The lowest BCUT2D eigenvalue weighted by Gasteiger charge is -2.09. The Labute approximate surface area is 149 Å². The van der Waals surface area contributed by atoms with Crippen molar-refractivity contribution in [1.82, 2.24) is 25.5 Å². The molecule has 3 rings (SSSR count). The van der Waals surface area contributed by atoms with Crippen molar-refractivity contribution < 1.29 is 4.79 Å². The maximum absolute atomic E-state index is 11.5. The van der Waals surface area contributed by atoms with Gasteiger partial charge in [-0.25, -0.2) is 4.98 Å². The maximum atomic E-state index is 11.5. The monoisotopic (exact) mass is 356 g/mol. The summed E-state index contributed by atoms with van der Waals surface area (Å²) in [5.74, 6) is 0.481. The third-order valence-electron chi connectivity index (χ3n) is 3.51. The summed E-state index contributed by atoms with van der Waals surface area (Å²) in [6, 6.07) is 7.47. The molecule has 128 valence electrons. The Morgan fingerprint density at radius 1 is 1.24 bits per heavy atom. The van der Waals surface area contributed by atoms with Crippen molar-refractivity contribution >= 4 is 23.3 Å². The molecular weight excluding hydrogens is 340 g/mol. The number of amides is 1. The Kier molecular flexibility index (Phi) is 5.25. The van der Waals surface area contributed by atoms with Crippen molar-refractivity contribution in [3.05, 3.63) is 47.9 Å². The molecule has 0 saturated carbocycles. The zero-order chi connectivity index (χ0) is 17.6. The number of carbonyl (C=O) groups excluding carboxylic acids is 1. The van der Waals surface area contributed by atoms with Crippen molar-refractivity contribution in [2.24, 2.45) is 0 Å². The standard InChI is InChI=1S/C17H17ClN6O/c1-2-19-17(25)10-22-16-7-12(13(18)9-21-16)11-3-4-14(20-8-11)15-5-6-23-24-15/h3-9H,2,10H2,1H3,(H,19,25)(H,21,22)(H,23,24). The molecule has 8 heteroatoms. The number of aromatic amines is 1. The van der Waals surface area contributed by atoms with E-state index >= 15 is 0 Å². The van der Waals surface area contributed by atoms with Crippen molar-refractivity contribution in [3.8, 4) is 22.5 Å². The maximum Gasteiger partial charge on any atom is 0.239 e. The van der Waals surface area contributed by atoms with Crippen molar-refractivity contribution in [2.75, 3.05) is 18.4 Å². The molecule has 0 bridgehead atoms. The summed E-state index contributed by atoms with van der Waals surface area (Å²) in [6.45, 7) is 2.61. The fourth-order valence-electron chi connectivity index (χ4n) is 2.30. The minimum Gasteiger partial charge on any atom is -0.361 e. The highest BCUT2D eigenvalue weighted by Gasteiger charge is 2.09. The van der Waals surface area contributed by atoms with Gasteiger partial charge in [-0.2, -0.15) is 5.10 Å². The lowest BCUT2D eigenvalue weighted by atomic mass is 10.1. The summed E-state index contributed by atoms with van der Waals surface area (Å²) >= 11 is 6.27. The van der Waals surface area contributed by atoms with Gasteiger partial charge in [-0.05, 0) is 25.1 Å². The first-order valence-corrected chi connectivity index (χ1v) is 8.17. The van der Waals surface area contributed by atoms with Crippen LogP contribution in [-0.2, 0) is 4.79 Å². The number of pyridine rings is 2. The largest absolute Gasteiger partial charge is 0.361 e. The average Bonchev–Trinajstić information content (AvgIpc) is 3.16. The van der Waals surface area contributed by atoms with Gasteiger partial charge in [0.05, 0.1) is 23.0 Å². The molecule has 7 nitrogen and oxygen atoms in total. The molecule has 0 aliphatic carbocycles. The van der Waals surface area contributed by atoms with Crippen LogP contribution in [0.4, 0.5) is 5.82 Å². The summed E-state index contributed by atoms with van der Waals surface area (Å²) in [6.07, 6.45) is 4.97. The number of likely N-dealkylation sites (N-methyl/N-ethyl adjacent to an activating group) is 1. The Morgan fingerprint density at radius 2 is 2.12 bits per heavy atom. The van der Waals surface area contributed by atoms with E-state index in [-0.39, 0.29) is 12.5 Å². The van der Waals surface area contributed by atoms with Crippen molar-refractivity contribution in [2.45, 2.75) is 6.92 Å². The molecule has 3 N–H and O–H groups in total. The zero-order valence-electron chi connectivity index (χ0n) is 13.6. The molecule has 0 fully saturated rings. The summed E-state index contributed by atoms with van der Waals surface area (Å²) < 4.78 is 0. The Morgan fingerprint density at radius 3 is 2.80 bits per heavy atom. The van der Waals surface area contributed by atoms with Gasteiger partial charge in [-0.3, -0.25) is 14.9 Å². The van der Waals surface area contributed by atoms with Crippen LogP contribution in [-0.4, -0.2) is 39.2 Å². The Bertz CT molecular complexity index is 848. The molecule has 0 atom stereocenters. The fraction of sp³-hybridized carbons (Fsp3) is 0.176. The molecule has 3 aromatic heterocycles. The first-order chi connectivity index (χ1) is 12.2.